The molecule has 32 heavy (non-hydrogen) atoms. The third-order valence-corrected chi connectivity index (χ3v) is 7.76. The van der Waals surface area contributed by atoms with Gasteiger partial charge in [-0.15, -0.1) is 11.3 Å². The summed E-state index contributed by atoms with van der Waals surface area (Å²) in [7, 11) is 0. The molecule has 1 aliphatic heterocycles. The SMILES string of the molecule is N#Cc1c(NC(=O)CCC2CCCCC2)sc2c1CCN(C(=O)CCc1cccnc1)C2. The van der Waals surface area contributed by atoms with Gasteiger partial charge in [0.2, 0.25) is 11.8 Å². The van der Waals surface area contributed by atoms with Gasteiger partial charge in [0.05, 0.1) is 12.1 Å². The topological polar surface area (TPSA) is 86.1 Å². The predicted octanol–water partition coefficient (Wildman–Crippen LogP) is 4.83. The number of hydrogen-bond acceptors (Lipinski definition) is 5. The standard InChI is InChI=1S/C25H30N4O2S/c26-15-21-20-12-14-29(24(31)11-9-19-7-4-13-27-16-19)17-22(20)32-25(21)28-23(30)10-8-18-5-2-1-3-6-18/h4,7,13,16,18H,1-3,5-6,8-12,14,17H2,(H,28,30). The highest BCUT2D eigenvalue weighted by Crippen LogP contribution is 2.37. The number of nitrogens with one attached hydrogen (secondary N) is 1. The summed E-state index contributed by atoms with van der Waals surface area (Å²) in [5.74, 6) is 0.771. The van der Waals surface area contributed by atoms with Crippen molar-refractivity contribution in [1.82, 2.24) is 9.88 Å². The maximum Gasteiger partial charge on any atom is 0.225 e. The van der Waals surface area contributed by atoms with Crippen LogP contribution in [-0.4, -0.2) is 28.2 Å². The summed E-state index contributed by atoms with van der Waals surface area (Å²) in [6.45, 7) is 1.12. The van der Waals surface area contributed by atoms with Gasteiger partial charge in [-0.2, -0.15) is 5.26 Å². The molecular formula is C25H30N4O2S. The predicted molar refractivity (Wildman–Crippen MR) is 125 cm³/mol. The third kappa shape index (κ3) is 5.55. The maximum absolute atomic E-state index is 12.7. The smallest absolute Gasteiger partial charge is 0.225 e. The second-order valence-corrected chi connectivity index (χ2v) is 9.94. The van der Waals surface area contributed by atoms with Gasteiger partial charge in [0.1, 0.15) is 11.1 Å². The molecule has 0 unspecified atom stereocenters. The molecule has 0 saturated heterocycles. The first-order chi connectivity index (χ1) is 15.6. The molecule has 1 saturated carbocycles. The van der Waals surface area contributed by atoms with E-state index in [0.29, 0.717) is 55.3 Å². The Bertz CT molecular complexity index is 989. The molecule has 1 fully saturated rings. The van der Waals surface area contributed by atoms with Crippen LogP contribution in [0.1, 0.15) is 72.9 Å². The van der Waals surface area contributed by atoms with Crippen molar-refractivity contribution in [2.45, 2.75) is 70.8 Å². The zero-order chi connectivity index (χ0) is 22.3. The zero-order valence-corrected chi connectivity index (χ0v) is 19.3. The van der Waals surface area contributed by atoms with E-state index in [0.717, 1.165) is 22.4 Å². The van der Waals surface area contributed by atoms with Crippen molar-refractivity contribution < 1.29 is 9.59 Å². The number of amides is 2. The molecule has 4 rings (SSSR count). The molecule has 6 nitrogen and oxygen atoms in total. The molecule has 7 heteroatoms. The molecule has 0 bridgehead atoms. The molecule has 0 atom stereocenters. The van der Waals surface area contributed by atoms with Gasteiger partial charge in [-0.05, 0) is 42.4 Å². The zero-order valence-electron chi connectivity index (χ0n) is 18.4. The molecular weight excluding hydrogens is 420 g/mol. The van der Waals surface area contributed by atoms with Crippen LogP contribution in [0.2, 0.25) is 0 Å². The number of pyridine rings is 1. The van der Waals surface area contributed by atoms with Gasteiger partial charge in [0.15, 0.2) is 0 Å². The van der Waals surface area contributed by atoms with Crippen molar-refractivity contribution >= 4 is 28.2 Å². The fourth-order valence-electron chi connectivity index (χ4n) is 4.78. The normalized spacial score (nSPS) is 16.3. The quantitative estimate of drug-likeness (QED) is 0.654. The van der Waals surface area contributed by atoms with E-state index in [9.17, 15) is 14.9 Å². The Balaban J connectivity index is 1.34. The minimum absolute atomic E-state index is 0.00456. The number of fused-ring (bicyclic) bond motifs is 1. The van der Waals surface area contributed by atoms with Crippen molar-refractivity contribution in [3.05, 3.63) is 46.1 Å². The lowest BCUT2D eigenvalue weighted by molar-refractivity contribution is -0.132. The molecule has 0 radical (unpaired) electrons. The summed E-state index contributed by atoms with van der Waals surface area (Å²) in [6, 6.07) is 6.15. The number of rotatable bonds is 7. The van der Waals surface area contributed by atoms with E-state index < -0.39 is 0 Å². The molecule has 168 valence electrons. The van der Waals surface area contributed by atoms with Crippen molar-refractivity contribution in [2.75, 3.05) is 11.9 Å². The van der Waals surface area contributed by atoms with Crippen molar-refractivity contribution in [2.24, 2.45) is 5.92 Å². The van der Waals surface area contributed by atoms with Crippen LogP contribution in [0.4, 0.5) is 5.00 Å². The van der Waals surface area contributed by atoms with Crippen LogP contribution in [0.25, 0.3) is 0 Å². The Morgan fingerprint density at radius 2 is 2.09 bits per heavy atom. The molecule has 1 N–H and O–H groups in total. The van der Waals surface area contributed by atoms with Crippen molar-refractivity contribution in [3.63, 3.8) is 0 Å². The fraction of sp³-hybridized carbons (Fsp3) is 0.520. The summed E-state index contributed by atoms with van der Waals surface area (Å²) in [6.07, 6.45) is 13.1. The summed E-state index contributed by atoms with van der Waals surface area (Å²) >= 11 is 1.45. The van der Waals surface area contributed by atoms with Gasteiger partial charge in [0, 0.05) is 36.7 Å². The first-order valence-corrected chi connectivity index (χ1v) is 12.5. The Labute approximate surface area is 193 Å². The van der Waals surface area contributed by atoms with Crippen LogP contribution in [0.5, 0.6) is 0 Å². The lowest BCUT2D eigenvalue weighted by atomic mass is 9.86. The molecule has 0 aromatic carbocycles. The lowest BCUT2D eigenvalue weighted by Gasteiger charge is -2.27. The van der Waals surface area contributed by atoms with E-state index in [1.807, 2.05) is 17.0 Å². The highest BCUT2D eigenvalue weighted by Gasteiger charge is 2.27. The largest absolute Gasteiger partial charge is 0.337 e. The lowest BCUT2D eigenvalue weighted by Crippen LogP contribution is -2.35. The third-order valence-electron chi connectivity index (χ3n) is 6.63. The summed E-state index contributed by atoms with van der Waals surface area (Å²) in [5, 5.41) is 13.4. The molecule has 2 aromatic rings. The summed E-state index contributed by atoms with van der Waals surface area (Å²) < 4.78 is 0. The van der Waals surface area contributed by atoms with Crippen LogP contribution in [-0.2, 0) is 29.0 Å². The van der Waals surface area contributed by atoms with Crippen LogP contribution in [0.3, 0.4) is 0 Å². The average molecular weight is 451 g/mol. The first-order valence-electron chi connectivity index (χ1n) is 11.6. The minimum Gasteiger partial charge on any atom is -0.337 e. The number of aromatic nitrogens is 1. The number of thiophene rings is 1. The maximum atomic E-state index is 12.7. The monoisotopic (exact) mass is 450 g/mol. The van der Waals surface area contributed by atoms with E-state index >= 15 is 0 Å². The van der Waals surface area contributed by atoms with E-state index in [1.54, 1.807) is 12.4 Å². The average Bonchev–Trinajstić information content (AvgIpc) is 3.18. The van der Waals surface area contributed by atoms with E-state index in [-0.39, 0.29) is 11.8 Å². The van der Waals surface area contributed by atoms with Crippen molar-refractivity contribution in [1.29, 1.82) is 5.26 Å². The Morgan fingerprint density at radius 1 is 1.25 bits per heavy atom. The molecule has 2 amide bonds. The van der Waals surface area contributed by atoms with Crippen LogP contribution in [0, 0.1) is 17.2 Å². The molecule has 2 aliphatic rings. The fourth-order valence-corrected chi connectivity index (χ4v) is 6.01. The summed E-state index contributed by atoms with van der Waals surface area (Å²) in [4.78, 5) is 32.3. The van der Waals surface area contributed by atoms with E-state index in [2.05, 4.69) is 16.4 Å². The first kappa shape index (κ1) is 22.5. The number of aryl methyl sites for hydroxylation is 1. The van der Waals surface area contributed by atoms with Gasteiger partial charge < -0.3 is 10.2 Å². The second-order valence-electron chi connectivity index (χ2n) is 8.84. The van der Waals surface area contributed by atoms with Gasteiger partial charge in [-0.25, -0.2) is 0 Å². The van der Waals surface area contributed by atoms with Gasteiger partial charge >= 0.3 is 0 Å². The van der Waals surface area contributed by atoms with E-state index in [1.165, 1.54) is 43.4 Å². The number of carbonyl (C=O) groups is 2. The van der Waals surface area contributed by atoms with Crippen LogP contribution in [0.15, 0.2) is 24.5 Å². The Kier molecular flexibility index (Phi) is 7.54. The number of carbonyl (C=O) groups excluding carboxylic acids is 2. The Hall–Kier alpha value is -2.72. The van der Waals surface area contributed by atoms with Gasteiger partial charge in [0.25, 0.3) is 0 Å². The molecule has 3 heterocycles. The molecule has 0 spiro atoms. The van der Waals surface area contributed by atoms with Crippen LogP contribution >= 0.6 is 11.3 Å². The Morgan fingerprint density at radius 3 is 2.84 bits per heavy atom. The van der Waals surface area contributed by atoms with E-state index in [4.69, 9.17) is 0 Å². The van der Waals surface area contributed by atoms with Gasteiger partial charge in [-0.1, -0.05) is 38.2 Å². The van der Waals surface area contributed by atoms with Crippen LogP contribution < -0.4 is 5.32 Å². The number of nitrogens with zero attached hydrogens (tertiary/aromatic N) is 3. The number of hydrogen-bond donors (Lipinski definition) is 1. The molecule has 1 aliphatic carbocycles. The second kappa shape index (κ2) is 10.7. The molecule has 2 aromatic heterocycles. The minimum atomic E-state index is -0.00456. The number of nitriles is 1. The summed E-state index contributed by atoms with van der Waals surface area (Å²) in [5.41, 5.74) is 2.63. The number of anilines is 1. The van der Waals surface area contributed by atoms with Gasteiger partial charge in [-0.3, -0.25) is 14.6 Å². The van der Waals surface area contributed by atoms with Crippen molar-refractivity contribution in [3.8, 4) is 6.07 Å². The highest BCUT2D eigenvalue weighted by atomic mass is 32.1. The highest BCUT2D eigenvalue weighted by molar-refractivity contribution is 7.16.